The lowest BCUT2D eigenvalue weighted by Crippen LogP contribution is -2.43. The van der Waals surface area contributed by atoms with E-state index in [1.165, 1.54) is 0 Å². The Kier molecular flexibility index (Phi) is 2.53. The van der Waals surface area contributed by atoms with Crippen LogP contribution in [0.5, 0.6) is 0 Å². The maximum atomic E-state index is 12.8. The van der Waals surface area contributed by atoms with Gasteiger partial charge in [0.05, 0.1) is 25.2 Å². The number of methoxy groups -OCH3 is 1. The van der Waals surface area contributed by atoms with Crippen molar-refractivity contribution in [3.63, 3.8) is 0 Å². The van der Waals surface area contributed by atoms with E-state index in [9.17, 15) is 18.7 Å². The molecule has 3 atom stereocenters. The van der Waals surface area contributed by atoms with Gasteiger partial charge in [0.2, 0.25) is 0 Å². The predicted octanol–water partition coefficient (Wildman–Crippen LogP) is -0.497. The van der Waals surface area contributed by atoms with Gasteiger partial charge in [0.15, 0.2) is 0 Å². The molecular weight excluding hydrogens is 184 g/mol. The van der Waals surface area contributed by atoms with Crippen LogP contribution in [0.1, 0.15) is 6.42 Å². The van der Waals surface area contributed by atoms with E-state index in [0.29, 0.717) is 0 Å². The second-order valence-electron chi connectivity index (χ2n) is 3.11. The van der Waals surface area contributed by atoms with Gasteiger partial charge in [-0.1, -0.05) is 0 Å². The van der Waals surface area contributed by atoms with Crippen LogP contribution in [0.2, 0.25) is 0 Å². The summed E-state index contributed by atoms with van der Waals surface area (Å²) in [5.74, 6) is -5.26. The monoisotopic (exact) mass is 195 g/mol. The molecule has 13 heavy (non-hydrogen) atoms. The van der Waals surface area contributed by atoms with Crippen LogP contribution in [0.25, 0.3) is 0 Å². The lowest BCUT2D eigenvalue weighted by molar-refractivity contribution is -0.148. The first kappa shape index (κ1) is 10.3. The van der Waals surface area contributed by atoms with Crippen LogP contribution in [0, 0.1) is 5.92 Å². The van der Waals surface area contributed by atoms with Gasteiger partial charge in [-0.3, -0.25) is 4.79 Å². The summed E-state index contributed by atoms with van der Waals surface area (Å²) in [6, 6.07) is -1.68. The maximum absolute atomic E-state index is 12.8. The normalized spacial score (nSPS) is 37.5. The Balaban J connectivity index is 2.78. The minimum Gasteiger partial charge on any atom is -0.469 e. The topological polar surface area (TPSA) is 72.5 Å². The molecule has 76 valence electrons. The Morgan fingerprint density at radius 1 is 1.69 bits per heavy atom. The summed E-state index contributed by atoms with van der Waals surface area (Å²) in [4.78, 5) is 10.9. The molecule has 4 nitrogen and oxygen atoms in total. The Bertz CT molecular complexity index is 222. The van der Waals surface area contributed by atoms with Crippen LogP contribution in [0.4, 0.5) is 8.78 Å². The largest absolute Gasteiger partial charge is 0.469 e. The number of rotatable bonds is 1. The number of halogens is 2. The summed E-state index contributed by atoms with van der Waals surface area (Å²) >= 11 is 0. The maximum Gasteiger partial charge on any atom is 0.311 e. The van der Waals surface area contributed by atoms with Crippen LogP contribution in [0.3, 0.4) is 0 Å². The fourth-order valence-corrected chi connectivity index (χ4v) is 1.42. The summed E-state index contributed by atoms with van der Waals surface area (Å²) in [6.45, 7) is 0. The lowest BCUT2D eigenvalue weighted by Gasteiger charge is -2.15. The highest BCUT2D eigenvalue weighted by Gasteiger charge is 2.56. The van der Waals surface area contributed by atoms with E-state index >= 15 is 0 Å². The molecule has 0 heterocycles. The second-order valence-corrected chi connectivity index (χ2v) is 3.11. The second kappa shape index (κ2) is 3.19. The van der Waals surface area contributed by atoms with Crippen LogP contribution < -0.4 is 5.73 Å². The smallest absolute Gasteiger partial charge is 0.311 e. The zero-order valence-electron chi connectivity index (χ0n) is 7.04. The van der Waals surface area contributed by atoms with E-state index in [0.717, 1.165) is 7.11 Å². The minimum atomic E-state index is -3.20. The molecule has 0 aliphatic heterocycles. The number of hydrogen-bond acceptors (Lipinski definition) is 4. The highest BCUT2D eigenvalue weighted by molar-refractivity contribution is 5.73. The van der Waals surface area contributed by atoms with Crippen molar-refractivity contribution in [2.45, 2.75) is 24.5 Å². The van der Waals surface area contributed by atoms with Crippen molar-refractivity contribution < 1.29 is 23.4 Å². The molecule has 0 aromatic rings. The molecule has 0 saturated heterocycles. The fourth-order valence-electron chi connectivity index (χ4n) is 1.42. The van der Waals surface area contributed by atoms with Crippen molar-refractivity contribution in [2.75, 3.05) is 7.11 Å². The van der Waals surface area contributed by atoms with E-state index < -0.39 is 36.4 Å². The number of hydrogen-bond donors (Lipinski definition) is 2. The van der Waals surface area contributed by atoms with Gasteiger partial charge in [-0.2, -0.15) is 0 Å². The molecule has 3 unspecified atom stereocenters. The third-order valence-corrected chi connectivity index (χ3v) is 2.26. The third kappa shape index (κ3) is 1.64. The van der Waals surface area contributed by atoms with E-state index in [-0.39, 0.29) is 0 Å². The Morgan fingerprint density at radius 3 is 2.54 bits per heavy atom. The molecule has 1 aliphatic carbocycles. The van der Waals surface area contributed by atoms with E-state index in [1.54, 1.807) is 0 Å². The molecule has 0 radical (unpaired) electrons. The average Bonchev–Trinajstić information content (AvgIpc) is 2.28. The number of aliphatic hydroxyl groups is 1. The third-order valence-electron chi connectivity index (χ3n) is 2.26. The van der Waals surface area contributed by atoms with Gasteiger partial charge >= 0.3 is 5.97 Å². The summed E-state index contributed by atoms with van der Waals surface area (Å²) in [6.07, 6.45) is -2.27. The van der Waals surface area contributed by atoms with Gasteiger partial charge in [-0.05, 0) is 0 Å². The van der Waals surface area contributed by atoms with Crippen molar-refractivity contribution in [3.8, 4) is 0 Å². The standard InChI is InChI=1S/C7H11F2NO3/c1-13-6(12)3-2-7(8,9)5(10)4(3)11/h3-5,11H,2,10H2,1H3. The minimum absolute atomic E-state index is 0.748. The number of carbonyl (C=O) groups is 1. The first-order valence-electron chi connectivity index (χ1n) is 3.79. The zero-order valence-corrected chi connectivity index (χ0v) is 7.04. The number of aliphatic hydroxyl groups excluding tert-OH is 1. The number of nitrogens with two attached hydrogens (primary N) is 1. The molecular formula is C7H11F2NO3. The van der Waals surface area contributed by atoms with E-state index in [4.69, 9.17) is 5.73 Å². The van der Waals surface area contributed by atoms with Crippen molar-refractivity contribution in [2.24, 2.45) is 11.7 Å². The lowest BCUT2D eigenvalue weighted by atomic mass is 10.1. The molecule has 1 rings (SSSR count). The quantitative estimate of drug-likeness (QED) is 0.553. The van der Waals surface area contributed by atoms with Crippen molar-refractivity contribution >= 4 is 5.97 Å². The SMILES string of the molecule is COC(=O)C1CC(F)(F)C(N)C1O. The summed E-state index contributed by atoms with van der Waals surface area (Å²) in [7, 11) is 1.08. The van der Waals surface area contributed by atoms with Gasteiger partial charge < -0.3 is 15.6 Å². The van der Waals surface area contributed by atoms with Crippen LogP contribution in [0.15, 0.2) is 0 Å². The van der Waals surface area contributed by atoms with Gasteiger partial charge in [0, 0.05) is 6.42 Å². The molecule has 0 amide bonds. The Hall–Kier alpha value is -0.750. The zero-order chi connectivity index (χ0) is 10.2. The number of esters is 1. The molecule has 1 aliphatic rings. The highest BCUT2D eigenvalue weighted by atomic mass is 19.3. The first-order valence-corrected chi connectivity index (χ1v) is 3.79. The molecule has 1 saturated carbocycles. The molecule has 0 aromatic heterocycles. The molecule has 0 aromatic carbocycles. The summed E-state index contributed by atoms with van der Waals surface area (Å²) in [5.41, 5.74) is 5.03. The Morgan fingerprint density at radius 2 is 2.23 bits per heavy atom. The van der Waals surface area contributed by atoms with Crippen LogP contribution in [-0.2, 0) is 9.53 Å². The van der Waals surface area contributed by atoms with Crippen molar-refractivity contribution in [1.29, 1.82) is 0 Å². The van der Waals surface area contributed by atoms with E-state index in [2.05, 4.69) is 4.74 Å². The van der Waals surface area contributed by atoms with E-state index in [1.807, 2.05) is 0 Å². The number of alkyl halides is 2. The molecule has 0 spiro atoms. The molecule has 1 fully saturated rings. The highest BCUT2D eigenvalue weighted by Crippen LogP contribution is 2.38. The summed E-state index contributed by atoms with van der Waals surface area (Å²) in [5, 5.41) is 9.19. The molecule has 0 bridgehead atoms. The molecule has 6 heteroatoms. The number of ether oxygens (including phenoxy) is 1. The van der Waals surface area contributed by atoms with Crippen LogP contribution in [-0.4, -0.2) is 36.3 Å². The molecule has 3 N–H and O–H groups in total. The average molecular weight is 195 g/mol. The number of carbonyl (C=O) groups excluding carboxylic acids is 1. The summed E-state index contributed by atoms with van der Waals surface area (Å²) < 4.78 is 29.9. The van der Waals surface area contributed by atoms with Gasteiger partial charge in [-0.25, -0.2) is 8.78 Å². The fraction of sp³-hybridized carbons (Fsp3) is 0.857. The van der Waals surface area contributed by atoms with Crippen molar-refractivity contribution in [3.05, 3.63) is 0 Å². The Labute approximate surface area is 73.7 Å². The van der Waals surface area contributed by atoms with Gasteiger partial charge in [-0.15, -0.1) is 0 Å². The van der Waals surface area contributed by atoms with Crippen molar-refractivity contribution in [1.82, 2.24) is 0 Å². The predicted molar refractivity (Wildman–Crippen MR) is 39.1 cm³/mol. The van der Waals surface area contributed by atoms with Gasteiger partial charge in [0.1, 0.15) is 0 Å². The first-order chi connectivity index (χ1) is 5.90. The van der Waals surface area contributed by atoms with Gasteiger partial charge in [0.25, 0.3) is 5.92 Å². The van der Waals surface area contributed by atoms with Crippen LogP contribution >= 0.6 is 0 Å².